The maximum Gasteiger partial charge on any atom is 0.186 e. The van der Waals surface area contributed by atoms with Gasteiger partial charge < -0.3 is 9.64 Å². The summed E-state index contributed by atoms with van der Waals surface area (Å²) >= 11 is 1.45. The molecule has 4 nitrogen and oxygen atoms in total. The van der Waals surface area contributed by atoms with Crippen LogP contribution in [-0.2, 0) is 4.74 Å². The van der Waals surface area contributed by atoms with Gasteiger partial charge in [-0.1, -0.05) is 11.3 Å². The summed E-state index contributed by atoms with van der Waals surface area (Å²) < 4.78 is 5.16. The highest BCUT2D eigenvalue weighted by Gasteiger charge is 2.28. The molecule has 5 heteroatoms. The van der Waals surface area contributed by atoms with E-state index in [0.29, 0.717) is 6.10 Å². The Kier molecular flexibility index (Phi) is 2.52. The monoisotopic (exact) mass is 212 g/mol. The molecule has 0 saturated carbocycles. The van der Waals surface area contributed by atoms with Gasteiger partial charge in [0.2, 0.25) is 0 Å². The van der Waals surface area contributed by atoms with Crippen molar-refractivity contribution in [3.63, 3.8) is 0 Å². The Hall–Kier alpha value is -0.940. The van der Waals surface area contributed by atoms with E-state index in [-0.39, 0.29) is 5.78 Å². The van der Waals surface area contributed by atoms with Gasteiger partial charge in [-0.2, -0.15) is 0 Å². The smallest absolute Gasteiger partial charge is 0.186 e. The van der Waals surface area contributed by atoms with Crippen LogP contribution in [0, 0.1) is 0 Å². The summed E-state index contributed by atoms with van der Waals surface area (Å²) in [6, 6.07) is 0. The summed E-state index contributed by atoms with van der Waals surface area (Å²) in [7, 11) is 1.71. The number of carbonyl (C=O) groups is 1. The molecule has 1 fully saturated rings. The number of ether oxygens (including phenoxy) is 1. The first-order valence-electron chi connectivity index (χ1n) is 4.45. The second-order valence-electron chi connectivity index (χ2n) is 3.33. The van der Waals surface area contributed by atoms with E-state index in [1.807, 2.05) is 0 Å². The second kappa shape index (κ2) is 3.67. The molecule has 1 saturated heterocycles. The van der Waals surface area contributed by atoms with Crippen molar-refractivity contribution in [3.05, 3.63) is 11.1 Å². The number of methoxy groups -OCH3 is 1. The van der Waals surface area contributed by atoms with Gasteiger partial charge >= 0.3 is 0 Å². The van der Waals surface area contributed by atoms with Crippen molar-refractivity contribution in [2.75, 3.05) is 25.1 Å². The summed E-state index contributed by atoms with van der Waals surface area (Å²) in [5.74, 6) is 0.0811. The summed E-state index contributed by atoms with van der Waals surface area (Å²) in [5, 5.41) is 0.920. The number of hydrogen-bond donors (Lipinski definition) is 0. The van der Waals surface area contributed by atoms with Gasteiger partial charge in [0.15, 0.2) is 10.9 Å². The zero-order valence-electron chi connectivity index (χ0n) is 8.19. The van der Waals surface area contributed by atoms with E-state index in [2.05, 4.69) is 9.88 Å². The van der Waals surface area contributed by atoms with Crippen LogP contribution in [0.25, 0.3) is 0 Å². The molecule has 0 radical (unpaired) electrons. The van der Waals surface area contributed by atoms with E-state index in [9.17, 15) is 4.79 Å². The summed E-state index contributed by atoms with van der Waals surface area (Å²) in [5.41, 5.74) is 0. The van der Waals surface area contributed by atoms with Gasteiger partial charge in [0.05, 0.1) is 17.2 Å². The fraction of sp³-hybridized carbons (Fsp3) is 0.556. The maximum atomic E-state index is 11.0. The van der Waals surface area contributed by atoms with Crippen molar-refractivity contribution in [2.45, 2.75) is 13.0 Å². The van der Waals surface area contributed by atoms with Crippen LogP contribution in [0.1, 0.15) is 16.6 Å². The third-order valence-electron chi connectivity index (χ3n) is 2.29. The van der Waals surface area contributed by atoms with Gasteiger partial charge in [-0.25, -0.2) is 4.98 Å². The zero-order valence-corrected chi connectivity index (χ0v) is 9.00. The number of aromatic nitrogens is 1. The van der Waals surface area contributed by atoms with Crippen molar-refractivity contribution >= 4 is 22.3 Å². The lowest BCUT2D eigenvalue weighted by Crippen LogP contribution is -2.51. The number of thiazole rings is 1. The van der Waals surface area contributed by atoms with Crippen LogP contribution in [0.2, 0.25) is 0 Å². The van der Waals surface area contributed by atoms with Gasteiger partial charge in [-0.05, 0) is 0 Å². The maximum absolute atomic E-state index is 11.0. The third-order valence-corrected chi connectivity index (χ3v) is 3.45. The van der Waals surface area contributed by atoms with Crippen LogP contribution in [0.5, 0.6) is 0 Å². The van der Waals surface area contributed by atoms with Crippen molar-refractivity contribution in [3.8, 4) is 0 Å². The Morgan fingerprint density at radius 3 is 2.93 bits per heavy atom. The van der Waals surface area contributed by atoms with Crippen LogP contribution >= 0.6 is 11.3 Å². The molecule has 0 amide bonds. The Morgan fingerprint density at radius 1 is 1.71 bits per heavy atom. The van der Waals surface area contributed by atoms with Crippen LogP contribution in [0.4, 0.5) is 5.13 Å². The molecule has 0 bridgehead atoms. The average Bonchev–Trinajstić information content (AvgIpc) is 2.51. The average molecular weight is 212 g/mol. The van der Waals surface area contributed by atoms with Crippen LogP contribution < -0.4 is 4.90 Å². The molecule has 2 heterocycles. The predicted octanol–water partition coefficient (Wildman–Crippen LogP) is 1.18. The van der Waals surface area contributed by atoms with E-state index in [0.717, 1.165) is 23.1 Å². The molecule has 2 rings (SSSR count). The molecule has 1 aromatic heterocycles. The number of ketones is 1. The lowest BCUT2D eigenvalue weighted by Gasteiger charge is -2.37. The van der Waals surface area contributed by atoms with E-state index >= 15 is 0 Å². The highest BCUT2D eigenvalue weighted by molar-refractivity contribution is 7.17. The van der Waals surface area contributed by atoms with Gasteiger partial charge in [0.1, 0.15) is 0 Å². The van der Waals surface area contributed by atoms with Crippen LogP contribution in [0.3, 0.4) is 0 Å². The molecule has 76 valence electrons. The van der Waals surface area contributed by atoms with Crippen LogP contribution in [-0.4, -0.2) is 37.1 Å². The lowest BCUT2D eigenvalue weighted by molar-refractivity contribution is 0.0787. The summed E-state index contributed by atoms with van der Waals surface area (Å²) in [4.78, 5) is 18.1. The third kappa shape index (κ3) is 1.65. The number of rotatable bonds is 3. The minimum absolute atomic E-state index is 0.0811. The topological polar surface area (TPSA) is 42.4 Å². The Morgan fingerprint density at radius 2 is 2.43 bits per heavy atom. The first kappa shape index (κ1) is 9.61. The van der Waals surface area contributed by atoms with Crippen LogP contribution in [0.15, 0.2) is 6.20 Å². The van der Waals surface area contributed by atoms with E-state index in [1.165, 1.54) is 11.3 Å². The fourth-order valence-corrected chi connectivity index (χ4v) is 2.15. The van der Waals surface area contributed by atoms with E-state index in [4.69, 9.17) is 4.74 Å². The molecular weight excluding hydrogens is 200 g/mol. The first-order chi connectivity index (χ1) is 6.70. The molecule has 1 aliphatic heterocycles. The summed E-state index contributed by atoms with van der Waals surface area (Å²) in [6.07, 6.45) is 1.96. The Bertz CT molecular complexity index is 344. The molecule has 1 aromatic rings. The molecule has 0 N–H and O–H groups in total. The van der Waals surface area contributed by atoms with Crippen molar-refractivity contribution < 1.29 is 9.53 Å². The number of carbonyl (C=O) groups excluding carboxylic acids is 1. The molecule has 0 atom stereocenters. The SMILES string of the molecule is COC1CN(c2ncc(C(C)=O)s2)C1. The van der Waals surface area contributed by atoms with Gasteiger partial charge in [-0.3, -0.25) is 4.79 Å². The highest BCUT2D eigenvalue weighted by atomic mass is 32.1. The Labute approximate surface area is 86.5 Å². The number of anilines is 1. The van der Waals surface area contributed by atoms with Gasteiger partial charge in [0, 0.05) is 27.1 Å². The lowest BCUT2D eigenvalue weighted by atomic mass is 10.2. The molecule has 14 heavy (non-hydrogen) atoms. The number of Topliss-reactive ketones (excluding diaryl/α,β-unsaturated/α-hetero) is 1. The molecule has 0 spiro atoms. The molecule has 0 aromatic carbocycles. The quantitative estimate of drug-likeness (QED) is 0.706. The standard InChI is InChI=1S/C9H12N2O2S/c1-6(12)8-3-10-9(14-8)11-4-7(5-11)13-2/h3,7H,4-5H2,1-2H3. The zero-order chi connectivity index (χ0) is 10.1. The minimum Gasteiger partial charge on any atom is -0.378 e. The molecule has 0 aliphatic carbocycles. The minimum atomic E-state index is 0.0811. The fourth-order valence-electron chi connectivity index (χ4n) is 1.32. The second-order valence-corrected chi connectivity index (χ2v) is 4.34. The number of nitrogens with zero attached hydrogens (tertiary/aromatic N) is 2. The first-order valence-corrected chi connectivity index (χ1v) is 5.27. The number of hydrogen-bond acceptors (Lipinski definition) is 5. The normalized spacial score (nSPS) is 16.9. The van der Waals surface area contributed by atoms with Gasteiger partial charge in [0.25, 0.3) is 0 Å². The van der Waals surface area contributed by atoms with Gasteiger partial charge in [-0.15, -0.1) is 0 Å². The van der Waals surface area contributed by atoms with E-state index < -0.39 is 0 Å². The van der Waals surface area contributed by atoms with Crippen molar-refractivity contribution in [1.29, 1.82) is 0 Å². The van der Waals surface area contributed by atoms with E-state index in [1.54, 1.807) is 20.2 Å². The van der Waals surface area contributed by atoms with Crippen molar-refractivity contribution in [2.24, 2.45) is 0 Å². The summed E-state index contributed by atoms with van der Waals surface area (Å²) in [6.45, 7) is 3.31. The molecule has 0 unspecified atom stereocenters. The molecular formula is C9H12N2O2S. The predicted molar refractivity (Wildman–Crippen MR) is 55.1 cm³/mol. The Balaban J connectivity index is 2.01. The highest BCUT2D eigenvalue weighted by Crippen LogP contribution is 2.27. The van der Waals surface area contributed by atoms with Crippen molar-refractivity contribution in [1.82, 2.24) is 4.98 Å². The largest absolute Gasteiger partial charge is 0.378 e. The molecule has 1 aliphatic rings.